The molecule has 7 heteroatoms. The third kappa shape index (κ3) is 4.01. The predicted octanol–water partition coefficient (Wildman–Crippen LogP) is 2.72. The lowest BCUT2D eigenvalue weighted by Crippen LogP contribution is -2.36. The van der Waals surface area contributed by atoms with Gasteiger partial charge in [0, 0.05) is 12.1 Å². The van der Waals surface area contributed by atoms with Crippen molar-refractivity contribution in [2.45, 2.75) is 25.3 Å². The average molecular weight is 313 g/mol. The number of methoxy groups -OCH3 is 1. The number of hydrogen-bond acceptors (Lipinski definition) is 3. The fourth-order valence-electron chi connectivity index (χ4n) is 2.41. The summed E-state index contributed by atoms with van der Waals surface area (Å²) >= 11 is 6.00. The van der Waals surface area contributed by atoms with Gasteiger partial charge in [0.1, 0.15) is 5.75 Å². The predicted molar refractivity (Wildman–Crippen MR) is 78.9 cm³/mol. The van der Waals surface area contributed by atoms with Gasteiger partial charge < -0.3 is 20.5 Å². The van der Waals surface area contributed by atoms with Crippen LogP contribution in [-0.4, -0.2) is 30.3 Å². The molecule has 2 amide bonds. The fourth-order valence-corrected chi connectivity index (χ4v) is 2.57. The van der Waals surface area contributed by atoms with Crippen molar-refractivity contribution in [3.05, 3.63) is 23.2 Å². The maximum Gasteiger partial charge on any atom is 0.319 e. The van der Waals surface area contributed by atoms with Crippen molar-refractivity contribution in [3.63, 3.8) is 0 Å². The van der Waals surface area contributed by atoms with Crippen molar-refractivity contribution < 1.29 is 19.4 Å². The van der Waals surface area contributed by atoms with Gasteiger partial charge in [-0.15, -0.1) is 0 Å². The number of anilines is 1. The van der Waals surface area contributed by atoms with E-state index in [2.05, 4.69) is 10.6 Å². The van der Waals surface area contributed by atoms with Crippen molar-refractivity contribution >= 4 is 29.3 Å². The quantitative estimate of drug-likeness (QED) is 0.797. The van der Waals surface area contributed by atoms with Gasteiger partial charge in [0.25, 0.3) is 0 Å². The Morgan fingerprint density at radius 3 is 2.76 bits per heavy atom. The number of carboxylic acids is 1. The van der Waals surface area contributed by atoms with Crippen LogP contribution in [0.1, 0.15) is 19.3 Å². The molecule has 1 aromatic carbocycles. The Hall–Kier alpha value is -1.95. The molecule has 1 aliphatic carbocycles. The van der Waals surface area contributed by atoms with E-state index in [1.165, 1.54) is 7.11 Å². The van der Waals surface area contributed by atoms with Crippen molar-refractivity contribution in [2.24, 2.45) is 5.92 Å². The van der Waals surface area contributed by atoms with Crippen LogP contribution in [0, 0.1) is 5.92 Å². The minimum Gasteiger partial charge on any atom is -0.497 e. The standard InChI is InChI=1S/C14H17ClN2O4/c1-21-10-4-5-11(15)12(7-10)17-14(20)16-9-3-2-8(6-9)13(18)19/h4-5,7-9H,2-3,6H2,1H3,(H,18,19)(H2,16,17,20). The summed E-state index contributed by atoms with van der Waals surface area (Å²) < 4.78 is 5.07. The maximum atomic E-state index is 11.9. The Morgan fingerprint density at radius 2 is 2.14 bits per heavy atom. The average Bonchev–Trinajstić information content (AvgIpc) is 2.90. The number of rotatable bonds is 4. The van der Waals surface area contributed by atoms with Crippen LogP contribution >= 0.6 is 11.6 Å². The van der Waals surface area contributed by atoms with E-state index in [1.54, 1.807) is 18.2 Å². The number of ether oxygens (including phenoxy) is 1. The zero-order valence-corrected chi connectivity index (χ0v) is 12.3. The van der Waals surface area contributed by atoms with Crippen LogP contribution in [0.4, 0.5) is 10.5 Å². The highest BCUT2D eigenvalue weighted by Gasteiger charge is 2.30. The summed E-state index contributed by atoms with van der Waals surface area (Å²) in [5, 5.41) is 14.7. The highest BCUT2D eigenvalue weighted by Crippen LogP contribution is 2.28. The molecule has 2 atom stereocenters. The molecule has 114 valence electrons. The lowest BCUT2D eigenvalue weighted by molar-refractivity contribution is -0.141. The minimum atomic E-state index is -0.810. The van der Waals surface area contributed by atoms with Gasteiger partial charge in [0.15, 0.2) is 0 Å². The molecule has 0 radical (unpaired) electrons. The molecule has 1 aromatic rings. The van der Waals surface area contributed by atoms with E-state index in [0.29, 0.717) is 35.7 Å². The number of aliphatic carboxylic acids is 1. The first-order chi connectivity index (χ1) is 9.99. The van der Waals surface area contributed by atoms with Gasteiger partial charge in [-0.25, -0.2) is 4.79 Å². The molecule has 3 N–H and O–H groups in total. The zero-order valence-electron chi connectivity index (χ0n) is 11.6. The van der Waals surface area contributed by atoms with E-state index in [-0.39, 0.29) is 12.0 Å². The van der Waals surface area contributed by atoms with Crippen LogP contribution in [0.25, 0.3) is 0 Å². The van der Waals surface area contributed by atoms with Crippen LogP contribution in [-0.2, 0) is 4.79 Å². The van der Waals surface area contributed by atoms with Gasteiger partial charge in [0.05, 0.1) is 23.7 Å². The van der Waals surface area contributed by atoms with Gasteiger partial charge in [0.2, 0.25) is 0 Å². The molecule has 6 nitrogen and oxygen atoms in total. The van der Waals surface area contributed by atoms with Gasteiger partial charge in [-0.2, -0.15) is 0 Å². The fraction of sp³-hybridized carbons (Fsp3) is 0.429. The number of urea groups is 1. The first-order valence-corrected chi connectivity index (χ1v) is 7.01. The van der Waals surface area contributed by atoms with Gasteiger partial charge in [-0.3, -0.25) is 4.79 Å². The Kier molecular flexibility index (Phi) is 4.90. The number of carboxylic acid groups (broad SMARTS) is 1. The van der Waals surface area contributed by atoms with E-state index < -0.39 is 12.0 Å². The summed E-state index contributed by atoms with van der Waals surface area (Å²) in [5.41, 5.74) is 0.446. The SMILES string of the molecule is COc1ccc(Cl)c(NC(=O)NC2CCC(C(=O)O)C2)c1. The Balaban J connectivity index is 1.92. The van der Waals surface area contributed by atoms with Gasteiger partial charge in [-0.05, 0) is 31.4 Å². The highest BCUT2D eigenvalue weighted by molar-refractivity contribution is 6.33. The molecule has 21 heavy (non-hydrogen) atoms. The lowest BCUT2D eigenvalue weighted by Gasteiger charge is -2.14. The molecule has 1 aliphatic rings. The summed E-state index contributed by atoms with van der Waals surface area (Å²) in [5.74, 6) is -0.604. The second-order valence-electron chi connectivity index (χ2n) is 4.99. The number of amides is 2. The Bertz CT molecular complexity index is 550. The third-order valence-electron chi connectivity index (χ3n) is 3.54. The van der Waals surface area contributed by atoms with Gasteiger partial charge >= 0.3 is 12.0 Å². The molecule has 0 saturated heterocycles. The number of hydrogen-bond donors (Lipinski definition) is 3. The van der Waals surface area contributed by atoms with Crippen molar-refractivity contribution in [3.8, 4) is 5.75 Å². The maximum absolute atomic E-state index is 11.9. The summed E-state index contributed by atoms with van der Waals surface area (Å²) in [7, 11) is 1.53. The van der Waals surface area contributed by atoms with Crippen LogP contribution < -0.4 is 15.4 Å². The number of carbonyl (C=O) groups excluding carboxylic acids is 1. The number of carbonyl (C=O) groups is 2. The summed E-state index contributed by atoms with van der Waals surface area (Å²) in [6.45, 7) is 0. The molecular formula is C14H17ClN2O4. The van der Waals surface area contributed by atoms with Gasteiger partial charge in [-0.1, -0.05) is 11.6 Å². The minimum absolute atomic E-state index is 0.129. The Labute approximate surface area is 127 Å². The first-order valence-electron chi connectivity index (χ1n) is 6.63. The number of benzene rings is 1. The molecule has 0 aliphatic heterocycles. The monoisotopic (exact) mass is 312 g/mol. The van der Waals surface area contributed by atoms with Crippen molar-refractivity contribution in [1.29, 1.82) is 0 Å². The highest BCUT2D eigenvalue weighted by atomic mass is 35.5. The molecule has 0 aromatic heterocycles. The molecular weight excluding hydrogens is 296 g/mol. The Morgan fingerprint density at radius 1 is 1.38 bits per heavy atom. The normalized spacial score (nSPS) is 20.9. The van der Waals surface area contributed by atoms with E-state index in [9.17, 15) is 9.59 Å². The lowest BCUT2D eigenvalue weighted by atomic mass is 10.1. The van der Waals surface area contributed by atoms with E-state index in [1.807, 2.05) is 0 Å². The van der Waals surface area contributed by atoms with Crippen LogP contribution in [0.15, 0.2) is 18.2 Å². The number of nitrogens with one attached hydrogen (secondary N) is 2. The van der Waals surface area contributed by atoms with Crippen molar-refractivity contribution in [2.75, 3.05) is 12.4 Å². The molecule has 2 rings (SSSR count). The van der Waals surface area contributed by atoms with E-state index >= 15 is 0 Å². The first kappa shape index (κ1) is 15.4. The summed E-state index contributed by atoms with van der Waals surface area (Å²) in [6.07, 6.45) is 1.70. The van der Waals surface area contributed by atoms with Crippen LogP contribution in [0.5, 0.6) is 5.75 Å². The molecule has 0 bridgehead atoms. The molecule has 0 spiro atoms. The third-order valence-corrected chi connectivity index (χ3v) is 3.87. The smallest absolute Gasteiger partial charge is 0.319 e. The van der Waals surface area contributed by atoms with Crippen molar-refractivity contribution in [1.82, 2.24) is 5.32 Å². The van der Waals surface area contributed by atoms with E-state index in [4.69, 9.17) is 21.4 Å². The topological polar surface area (TPSA) is 87.7 Å². The summed E-state index contributed by atoms with van der Waals surface area (Å²) in [4.78, 5) is 22.8. The largest absolute Gasteiger partial charge is 0.497 e. The molecule has 0 heterocycles. The molecule has 1 fully saturated rings. The van der Waals surface area contributed by atoms with Crippen LogP contribution in [0.2, 0.25) is 5.02 Å². The number of halogens is 1. The molecule has 1 saturated carbocycles. The summed E-state index contributed by atoms with van der Waals surface area (Å²) in [6, 6.07) is 4.42. The van der Waals surface area contributed by atoms with E-state index in [0.717, 1.165) is 0 Å². The molecule has 2 unspecified atom stereocenters. The second-order valence-corrected chi connectivity index (χ2v) is 5.40. The zero-order chi connectivity index (χ0) is 15.4. The van der Waals surface area contributed by atoms with Crippen LogP contribution in [0.3, 0.4) is 0 Å². The second kappa shape index (κ2) is 6.67.